The van der Waals surface area contributed by atoms with Crippen LogP contribution in [0.4, 0.5) is 0 Å². The maximum absolute atomic E-state index is 13.2. The fraction of sp³-hybridized carbons (Fsp3) is 0.954. The molecule has 0 radical (unpaired) electrons. The highest BCUT2D eigenvalue weighted by Gasteiger charge is 2.30. The Kier molecular flexibility index (Phi) is 76.9. The number of hydrogen-bond acceptors (Lipinski definition) is 15. The topological polar surface area (TPSA) is 237 Å². The van der Waals surface area contributed by atoms with Crippen LogP contribution in [0.5, 0.6) is 0 Å². The molecule has 0 fully saturated rings. The van der Waals surface area contributed by atoms with Gasteiger partial charge in [-0.1, -0.05) is 414 Å². The molecule has 0 aromatic carbocycles. The lowest BCUT2D eigenvalue weighted by molar-refractivity contribution is -0.161. The average molecular weight is 1550 g/mol. The van der Waals surface area contributed by atoms with Crippen molar-refractivity contribution in [1.82, 2.24) is 0 Å². The van der Waals surface area contributed by atoms with Crippen LogP contribution in [-0.4, -0.2) is 96.7 Å². The van der Waals surface area contributed by atoms with E-state index in [-0.39, 0.29) is 25.7 Å². The number of aliphatic hydroxyl groups excluding tert-OH is 1. The monoisotopic (exact) mass is 1550 g/mol. The second-order valence-electron chi connectivity index (χ2n) is 32.0. The molecule has 0 aliphatic rings. The van der Waals surface area contributed by atoms with Crippen LogP contribution in [0.3, 0.4) is 0 Å². The number of phosphoric ester groups is 2. The Bertz CT molecular complexity index is 2030. The maximum atomic E-state index is 13.2. The van der Waals surface area contributed by atoms with Gasteiger partial charge in [0, 0.05) is 25.7 Å². The van der Waals surface area contributed by atoms with Crippen molar-refractivity contribution >= 4 is 39.5 Å². The number of unbranched alkanes of at least 4 members (excludes halogenated alkanes) is 55. The minimum atomic E-state index is -4.97. The normalized spacial score (nSPS) is 14.1. The van der Waals surface area contributed by atoms with Crippen LogP contribution in [0.2, 0.25) is 0 Å². The van der Waals surface area contributed by atoms with Gasteiger partial charge < -0.3 is 33.8 Å². The van der Waals surface area contributed by atoms with Gasteiger partial charge in [0.25, 0.3) is 0 Å². The zero-order chi connectivity index (χ0) is 77.8. The van der Waals surface area contributed by atoms with Crippen molar-refractivity contribution in [2.45, 2.75) is 484 Å². The van der Waals surface area contributed by atoms with Gasteiger partial charge in [-0.15, -0.1) is 0 Å². The number of ether oxygens (including phenoxy) is 4. The summed E-state index contributed by atoms with van der Waals surface area (Å²) in [6, 6.07) is 0. The highest BCUT2D eigenvalue weighted by atomic mass is 31.2. The minimum absolute atomic E-state index is 0.108. The molecular formula is C87H170O17P2. The Labute approximate surface area is 651 Å². The fourth-order valence-electron chi connectivity index (χ4n) is 13.6. The third-order valence-corrected chi connectivity index (χ3v) is 22.7. The van der Waals surface area contributed by atoms with E-state index < -0.39 is 97.5 Å². The van der Waals surface area contributed by atoms with Crippen LogP contribution >= 0.6 is 15.6 Å². The molecule has 0 amide bonds. The van der Waals surface area contributed by atoms with E-state index in [0.29, 0.717) is 25.7 Å². The summed E-state index contributed by atoms with van der Waals surface area (Å²) in [4.78, 5) is 73.2. The smallest absolute Gasteiger partial charge is 0.462 e. The van der Waals surface area contributed by atoms with Gasteiger partial charge in [-0.05, 0) is 37.5 Å². The first kappa shape index (κ1) is 104. The van der Waals surface area contributed by atoms with Crippen LogP contribution in [0.25, 0.3) is 0 Å². The Morgan fingerprint density at radius 3 is 0.717 bits per heavy atom. The number of carbonyl (C=O) groups excluding carboxylic acids is 4. The molecule has 0 spiro atoms. The molecule has 0 aromatic rings. The van der Waals surface area contributed by atoms with Crippen LogP contribution in [0.1, 0.15) is 465 Å². The number of hydrogen-bond donors (Lipinski definition) is 3. The first-order valence-electron chi connectivity index (χ1n) is 45.0. The summed E-state index contributed by atoms with van der Waals surface area (Å²) in [6.07, 6.45) is 70.8. The Balaban J connectivity index is 5.20. The van der Waals surface area contributed by atoms with E-state index in [9.17, 15) is 43.2 Å². The maximum Gasteiger partial charge on any atom is 0.472 e. The molecule has 106 heavy (non-hydrogen) atoms. The van der Waals surface area contributed by atoms with Gasteiger partial charge in [0.1, 0.15) is 19.3 Å². The number of aliphatic hydroxyl groups is 1. The van der Waals surface area contributed by atoms with E-state index in [1.807, 2.05) is 0 Å². The second kappa shape index (κ2) is 78.3. The molecule has 630 valence electrons. The van der Waals surface area contributed by atoms with E-state index in [1.54, 1.807) is 0 Å². The predicted octanol–water partition coefficient (Wildman–Crippen LogP) is 26.6. The van der Waals surface area contributed by atoms with Crippen LogP contribution in [-0.2, 0) is 65.4 Å². The lowest BCUT2D eigenvalue weighted by Crippen LogP contribution is -2.30. The first-order chi connectivity index (χ1) is 51.4. The number of esters is 4. The highest BCUT2D eigenvalue weighted by Crippen LogP contribution is 2.45. The molecule has 19 heteroatoms. The van der Waals surface area contributed by atoms with Crippen molar-refractivity contribution in [2.75, 3.05) is 39.6 Å². The third-order valence-electron chi connectivity index (χ3n) is 20.8. The lowest BCUT2D eigenvalue weighted by Gasteiger charge is -2.21. The molecule has 0 saturated heterocycles. The van der Waals surface area contributed by atoms with E-state index in [4.69, 9.17) is 37.0 Å². The van der Waals surface area contributed by atoms with Gasteiger partial charge in [0.15, 0.2) is 12.2 Å². The molecular weight excluding hydrogens is 1380 g/mol. The van der Waals surface area contributed by atoms with Crippen LogP contribution in [0, 0.1) is 11.8 Å². The van der Waals surface area contributed by atoms with E-state index >= 15 is 0 Å². The van der Waals surface area contributed by atoms with E-state index in [1.165, 1.54) is 283 Å². The summed E-state index contributed by atoms with van der Waals surface area (Å²) >= 11 is 0. The van der Waals surface area contributed by atoms with Crippen molar-refractivity contribution < 1.29 is 80.2 Å². The Morgan fingerprint density at radius 1 is 0.274 bits per heavy atom. The molecule has 6 atom stereocenters. The molecule has 0 heterocycles. The van der Waals surface area contributed by atoms with Gasteiger partial charge in [0.2, 0.25) is 0 Å². The zero-order valence-electron chi connectivity index (χ0n) is 69.7. The molecule has 3 unspecified atom stereocenters. The van der Waals surface area contributed by atoms with Gasteiger partial charge in [0.05, 0.1) is 26.4 Å². The molecule has 0 rings (SSSR count). The summed E-state index contributed by atoms with van der Waals surface area (Å²) < 4.78 is 68.9. The van der Waals surface area contributed by atoms with Gasteiger partial charge in [-0.2, -0.15) is 0 Å². The third kappa shape index (κ3) is 78.7. The number of carbonyl (C=O) groups is 4. The average Bonchev–Trinajstić information content (AvgIpc) is 0.912. The fourth-order valence-corrected chi connectivity index (χ4v) is 15.1. The first-order valence-corrected chi connectivity index (χ1v) is 48.0. The summed E-state index contributed by atoms with van der Waals surface area (Å²) in [5.41, 5.74) is 0. The van der Waals surface area contributed by atoms with Crippen molar-refractivity contribution in [3.8, 4) is 0 Å². The van der Waals surface area contributed by atoms with Crippen molar-refractivity contribution in [1.29, 1.82) is 0 Å². The summed E-state index contributed by atoms with van der Waals surface area (Å²) in [6.45, 7) is 9.77. The predicted molar refractivity (Wildman–Crippen MR) is 437 cm³/mol. The van der Waals surface area contributed by atoms with Crippen LogP contribution < -0.4 is 0 Å². The second-order valence-corrected chi connectivity index (χ2v) is 34.9. The Morgan fingerprint density at radius 2 is 0.481 bits per heavy atom. The Hall–Kier alpha value is -1.94. The summed E-state index contributed by atoms with van der Waals surface area (Å²) in [5.74, 6) is -0.406. The van der Waals surface area contributed by atoms with E-state index in [2.05, 4.69) is 41.5 Å². The number of rotatable bonds is 86. The summed E-state index contributed by atoms with van der Waals surface area (Å²) in [5, 5.41) is 10.7. The van der Waals surface area contributed by atoms with Crippen molar-refractivity contribution in [2.24, 2.45) is 11.8 Å². The number of phosphoric acid groups is 2. The largest absolute Gasteiger partial charge is 0.472 e. The van der Waals surface area contributed by atoms with Crippen molar-refractivity contribution in [3.05, 3.63) is 0 Å². The standard InChI is InChI=1S/C87H170O17P2/c1-7-10-12-14-16-18-20-33-41-47-53-59-65-71-86(91)103-82(75-97-84(89)69-63-57-51-45-19-17-15-13-11-8-2)77-101-105(93,94)99-73-81(88)74-100-106(95,96)102-78-83(76-98-85(90)70-64-58-52-46-40-36-31-27-23-21-25-29-34-38-43-49-55-61-67-79(4)5)104-87(92)72-66-60-54-48-42-37-32-28-24-22-26-30-35-39-44-50-56-62-68-80(6)9-3/h79-83,88H,7-78H2,1-6H3,(H,93,94)(H,95,96)/t80?,81-,82+,83+/m0/s1. The zero-order valence-corrected chi connectivity index (χ0v) is 71.5. The quantitative estimate of drug-likeness (QED) is 0.0222. The van der Waals surface area contributed by atoms with Gasteiger partial charge in [-0.3, -0.25) is 37.3 Å². The summed E-state index contributed by atoms with van der Waals surface area (Å²) in [7, 11) is -9.92. The molecule has 0 aliphatic carbocycles. The SMILES string of the molecule is CCCCCCCCCCCCCCCC(=O)O[C@H](COC(=O)CCCCCCCCCCCC)COP(=O)(O)OC[C@H](O)COP(=O)(O)OC[C@@H](COC(=O)CCCCCCCCCCCCCCCCCCCCC(C)C)OC(=O)CCCCCCCCCCCCCCCCCCCCC(C)CC. The lowest BCUT2D eigenvalue weighted by atomic mass is 9.99. The van der Waals surface area contributed by atoms with Crippen molar-refractivity contribution in [3.63, 3.8) is 0 Å². The molecule has 0 aliphatic heterocycles. The van der Waals surface area contributed by atoms with Crippen LogP contribution in [0.15, 0.2) is 0 Å². The molecule has 0 bridgehead atoms. The van der Waals surface area contributed by atoms with E-state index in [0.717, 1.165) is 102 Å². The molecule has 0 saturated carbocycles. The highest BCUT2D eigenvalue weighted by molar-refractivity contribution is 7.47. The van der Waals surface area contributed by atoms with Gasteiger partial charge >= 0.3 is 39.5 Å². The molecule has 3 N–H and O–H groups in total. The molecule has 17 nitrogen and oxygen atoms in total. The van der Waals surface area contributed by atoms with Gasteiger partial charge in [-0.25, -0.2) is 9.13 Å². The minimum Gasteiger partial charge on any atom is -0.462 e. The molecule has 0 aromatic heterocycles.